The summed E-state index contributed by atoms with van der Waals surface area (Å²) < 4.78 is 12.5. The molecule has 0 spiro atoms. The smallest absolute Gasteiger partial charge is 0.315 e. The molecule has 0 atom stereocenters. The quantitative estimate of drug-likeness (QED) is 0.172. The number of hydrogen-bond acceptors (Lipinski definition) is 7. The SMILES string of the molecule is CNc1ccn2c(C(=O)c3ccc([N+](=O)[O-])c(OC)c3)c(C)c(OC(=O)Cc3ccccc3)c2c1. The summed E-state index contributed by atoms with van der Waals surface area (Å²) in [5, 5.41) is 14.3. The van der Waals surface area contributed by atoms with Gasteiger partial charge in [0, 0.05) is 36.1 Å². The molecule has 178 valence electrons. The number of esters is 1. The molecule has 2 aromatic carbocycles. The molecular weight excluding hydrogens is 450 g/mol. The van der Waals surface area contributed by atoms with Crippen molar-refractivity contribution in [2.24, 2.45) is 0 Å². The Morgan fingerprint density at radius 3 is 2.49 bits per heavy atom. The monoisotopic (exact) mass is 473 g/mol. The van der Waals surface area contributed by atoms with E-state index in [2.05, 4.69) is 5.32 Å². The molecule has 0 fully saturated rings. The van der Waals surface area contributed by atoms with Crippen LogP contribution >= 0.6 is 0 Å². The number of benzene rings is 2. The maximum absolute atomic E-state index is 13.6. The highest BCUT2D eigenvalue weighted by atomic mass is 16.6. The van der Waals surface area contributed by atoms with E-state index in [1.54, 1.807) is 36.7 Å². The average Bonchev–Trinajstić information content (AvgIpc) is 3.13. The highest BCUT2D eigenvalue weighted by Crippen LogP contribution is 2.35. The number of hydrogen-bond donors (Lipinski definition) is 1. The third-order valence-corrected chi connectivity index (χ3v) is 5.67. The molecule has 2 aromatic heterocycles. The molecule has 0 bridgehead atoms. The number of ketones is 1. The molecule has 0 aliphatic heterocycles. The van der Waals surface area contributed by atoms with Gasteiger partial charge in [0.05, 0.1) is 24.0 Å². The summed E-state index contributed by atoms with van der Waals surface area (Å²) in [5.74, 6) is -0.600. The molecule has 0 amide bonds. The van der Waals surface area contributed by atoms with Crippen molar-refractivity contribution in [3.63, 3.8) is 0 Å². The molecule has 0 aliphatic carbocycles. The number of rotatable bonds is 8. The van der Waals surface area contributed by atoms with Crippen LogP contribution in [0.3, 0.4) is 0 Å². The zero-order valence-corrected chi connectivity index (χ0v) is 19.4. The number of nitro groups is 1. The van der Waals surface area contributed by atoms with Crippen molar-refractivity contribution in [2.45, 2.75) is 13.3 Å². The maximum atomic E-state index is 13.6. The molecular formula is C26H23N3O6. The number of pyridine rings is 1. The second-order valence-corrected chi connectivity index (χ2v) is 7.83. The third kappa shape index (κ3) is 4.56. The largest absolute Gasteiger partial charge is 0.490 e. The van der Waals surface area contributed by atoms with E-state index in [4.69, 9.17) is 9.47 Å². The number of anilines is 1. The number of fused-ring (bicyclic) bond motifs is 1. The Morgan fingerprint density at radius 2 is 1.83 bits per heavy atom. The average molecular weight is 473 g/mol. The molecule has 4 rings (SSSR count). The highest BCUT2D eigenvalue weighted by Gasteiger charge is 2.26. The Labute approximate surface area is 201 Å². The lowest BCUT2D eigenvalue weighted by atomic mass is 10.0. The Morgan fingerprint density at radius 1 is 1.09 bits per heavy atom. The van der Waals surface area contributed by atoms with Gasteiger partial charge in [-0.3, -0.25) is 19.7 Å². The molecule has 9 heteroatoms. The van der Waals surface area contributed by atoms with Crippen LogP contribution in [0.15, 0.2) is 66.9 Å². The van der Waals surface area contributed by atoms with Gasteiger partial charge in [0.15, 0.2) is 11.5 Å². The lowest BCUT2D eigenvalue weighted by molar-refractivity contribution is -0.385. The molecule has 0 saturated carbocycles. The number of carbonyl (C=O) groups excluding carboxylic acids is 2. The van der Waals surface area contributed by atoms with Crippen molar-refractivity contribution in [3.05, 3.63) is 99.4 Å². The normalized spacial score (nSPS) is 10.7. The van der Waals surface area contributed by atoms with E-state index in [0.717, 1.165) is 11.3 Å². The van der Waals surface area contributed by atoms with E-state index in [-0.39, 0.29) is 34.9 Å². The molecule has 0 radical (unpaired) electrons. The fourth-order valence-electron chi connectivity index (χ4n) is 3.93. The van der Waals surface area contributed by atoms with Crippen molar-refractivity contribution in [1.29, 1.82) is 0 Å². The van der Waals surface area contributed by atoms with E-state index >= 15 is 0 Å². The zero-order valence-electron chi connectivity index (χ0n) is 19.4. The molecule has 2 heterocycles. The summed E-state index contributed by atoms with van der Waals surface area (Å²) in [5.41, 5.74) is 2.83. The van der Waals surface area contributed by atoms with Gasteiger partial charge in [-0.15, -0.1) is 0 Å². The number of carbonyl (C=O) groups is 2. The molecule has 0 saturated heterocycles. The van der Waals surface area contributed by atoms with Gasteiger partial charge in [-0.05, 0) is 36.8 Å². The second kappa shape index (κ2) is 9.68. The van der Waals surface area contributed by atoms with Crippen molar-refractivity contribution < 1.29 is 24.0 Å². The van der Waals surface area contributed by atoms with Crippen molar-refractivity contribution in [1.82, 2.24) is 4.40 Å². The standard InChI is InChI=1S/C26H23N3O6/c1-16-24(25(31)18-9-10-20(29(32)33)22(14-18)34-3)28-12-11-19(27-2)15-21(28)26(16)35-23(30)13-17-7-5-4-6-8-17/h4-12,14-15,27H,13H2,1-3H3. The van der Waals surface area contributed by atoms with Crippen LogP contribution in [0.25, 0.3) is 5.52 Å². The number of nitrogens with zero attached hydrogens (tertiary/aromatic N) is 2. The molecule has 35 heavy (non-hydrogen) atoms. The first-order valence-corrected chi connectivity index (χ1v) is 10.8. The predicted molar refractivity (Wildman–Crippen MR) is 131 cm³/mol. The van der Waals surface area contributed by atoms with E-state index in [1.807, 2.05) is 30.3 Å². The fourth-order valence-corrected chi connectivity index (χ4v) is 3.93. The summed E-state index contributed by atoms with van der Waals surface area (Å²) in [7, 11) is 3.07. The van der Waals surface area contributed by atoms with Gasteiger partial charge in [0.25, 0.3) is 0 Å². The van der Waals surface area contributed by atoms with Crippen LogP contribution in [-0.4, -0.2) is 35.2 Å². The Balaban J connectivity index is 1.78. The number of methoxy groups -OCH3 is 1. The Bertz CT molecular complexity index is 1440. The summed E-state index contributed by atoms with van der Waals surface area (Å²) in [6.45, 7) is 1.70. The Hall–Kier alpha value is -4.66. The maximum Gasteiger partial charge on any atom is 0.315 e. The lowest BCUT2D eigenvalue weighted by Crippen LogP contribution is -2.12. The van der Waals surface area contributed by atoms with Crippen LogP contribution in [0.1, 0.15) is 27.2 Å². The zero-order chi connectivity index (χ0) is 25.1. The summed E-state index contributed by atoms with van der Waals surface area (Å²) in [6, 6.07) is 16.7. The molecule has 4 aromatic rings. The van der Waals surface area contributed by atoms with E-state index in [9.17, 15) is 19.7 Å². The van der Waals surface area contributed by atoms with Gasteiger partial charge >= 0.3 is 11.7 Å². The van der Waals surface area contributed by atoms with Crippen molar-refractivity contribution in [2.75, 3.05) is 19.5 Å². The van der Waals surface area contributed by atoms with Crippen LogP contribution in [0.2, 0.25) is 0 Å². The van der Waals surface area contributed by atoms with Crippen LogP contribution < -0.4 is 14.8 Å². The van der Waals surface area contributed by atoms with Gasteiger partial charge in [-0.25, -0.2) is 0 Å². The highest BCUT2D eigenvalue weighted by molar-refractivity contribution is 6.11. The predicted octanol–water partition coefficient (Wildman–Crippen LogP) is 4.59. The van der Waals surface area contributed by atoms with Crippen LogP contribution in [0, 0.1) is 17.0 Å². The van der Waals surface area contributed by atoms with Gasteiger partial charge < -0.3 is 19.2 Å². The van der Waals surface area contributed by atoms with Crippen molar-refractivity contribution in [3.8, 4) is 11.5 Å². The minimum Gasteiger partial charge on any atom is -0.490 e. The first-order chi connectivity index (χ1) is 16.8. The van der Waals surface area contributed by atoms with Gasteiger partial charge in [0.2, 0.25) is 5.78 Å². The van der Waals surface area contributed by atoms with Gasteiger partial charge in [-0.1, -0.05) is 30.3 Å². The van der Waals surface area contributed by atoms with E-state index < -0.39 is 16.7 Å². The van der Waals surface area contributed by atoms with Gasteiger partial charge in [-0.2, -0.15) is 0 Å². The first-order valence-electron chi connectivity index (χ1n) is 10.8. The summed E-state index contributed by atoms with van der Waals surface area (Å²) >= 11 is 0. The van der Waals surface area contributed by atoms with E-state index in [1.165, 1.54) is 25.3 Å². The van der Waals surface area contributed by atoms with Crippen LogP contribution in [-0.2, 0) is 11.2 Å². The van der Waals surface area contributed by atoms with E-state index in [0.29, 0.717) is 11.1 Å². The first kappa shape index (κ1) is 23.5. The minimum atomic E-state index is -0.575. The molecule has 9 nitrogen and oxygen atoms in total. The lowest BCUT2D eigenvalue weighted by Gasteiger charge is -2.07. The minimum absolute atomic E-state index is 0.0219. The fraction of sp³-hybridized carbons (Fsp3) is 0.154. The number of ether oxygens (including phenoxy) is 2. The number of nitrogens with one attached hydrogen (secondary N) is 1. The van der Waals surface area contributed by atoms with Crippen LogP contribution in [0.5, 0.6) is 11.5 Å². The second-order valence-electron chi connectivity index (χ2n) is 7.83. The molecule has 0 unspecified atom stereocenters. The summed E-state index contributed by atoms with van der Waals surface area (Å²) in [4.78, 5) is 37.0. The molecule has 0 aliphatic rings. The van der Waals surface area contributed by atoms with Crippen molar-refractivity contribution >= 4 is 28.6 Å². The Kier molecular flexibility index (Phi) is 6.50. The number of aromatic nitrogens is 1. The topological polar surface area (TPSA) is 112 Å². The number of nitro benzene ring substituents is 1. The summed E-state index contributed by atoms with van der Waals surface area (Å²) in [6.07, 6.45) is 1.78. The third-order valence-electron chi connectivity index (χ3n) is 5.67. The van der Waals surface area contributed by atoms with Crippen LogP contribution in [0.4, 0.5) is 11.4 Å². The molecule has 1 N–H and O–H groups in total. The van der Waals surface area contributed by atoms with Gasteiger partial charge in [0.1, 0.15) is 5.69 Å².